The van der Waals surface area contributed by atoms with E-state index < -0.39 is 0 Å². The summed E-state index contributed by atoms with van der Waals surface area (Å²) >= 11 is 1.63. The number of aromatic nitrogens is 4. The number of imidazole rings is 1. The van der Waals surface area contributed by atoms with Crippen LogP contribution in [0.2, 0.25) is 0 Å². The van der Waals surface area contributed by atoms with Gasteiger partial charge in [-0.2, -0.15) is 5.10 Å². The smallest absolute Gasteiger partial charge is 0.193 e. The van der Waals surface area contributed by atoms with E-state index in [0.29, 0.717) is 0 Å². The predicted octanol–water partition coefficient (Wildman–Crippen LogP) is 3.78. The summed E-state index contributed by atoms with van der Waals surface area (Å²) in [5.41, 5.74) is 5.30. The van der Waals surface area contributed by atoms with Crippen molar-refractivity contribution in [1.82, 2.24) is 19.2 Å². The monoisotopic (exact) mass is 321 g/mol. The SMILES string of the molecule is Cc1cc(/C=N\n2cnc3ccccc32)c(C)n1-c1nccs1. The minimum Gasteiger partial charge on any atom is -0.294 e. The number of hydrogen-bond donors (Lipinski definition) is 0. The van der Waals surface area contributed by atoms with Gasteiger partial charge in [0.05, 0.1) is 17.2 Å². The summed E-state index contributed by atoms with van der Waals surface area (Å²) in [5.74, 6) is 0. The van der Waals surface area contributed by atoms with E-state index >= 15 is 0 Å². The molecule has 0 aliphatic carbocycles. The Labute approximate surface area is 137 Å². The van der Waals surface area contributed by atoms with Gasteiger partial charge in [0.1, 0.15) is 6.33 Å². The van der Waals surface area contributed by atoms with Crippen LogP contribution >= 0.6 is 11.3 Å². The highest BCUT2D eigenvalue weighted by Gasteiger charge is 2.11. The molecule has 0 unspecified atom stereocenters. The minimum atomic E-state index is 0.943. The van der Waals surface area contributed by atoms with E-state index in [1.807, 2.05) is 42.1 Å². The zero-order chi connectivity index (χ0) is 15.8. The summed E-state index contributed by atoms with van der Waals surface area (Å²) in [4.78, 5) is 8.75. The van der Waals surface area contributed by atoms with Crippen LogP contribution in [-0.4, -0.2) is 25.4 Å². The zero-order valence-corrected chi connectivity index (χ0v) is 13.7. The fraction of sp³-hybridized carbons (Fsp3) is 0.118. The van der Waals surface area contributed by atoms with Gasteiger partial charge in [-0.15, -0.1) is 11.3 Å². The van der Waals surface area contributed by atoms with Gasteiger partial charge in [0, 0.05) is 28.5 Å². The van der Waals surface area contributed by atoms with Gasteiger partial charge in [0.2, 0.25) is 0 Å². The van der Waals surface area contributed by atoms with E-state index in [-0.39, 0.29) is 0 Å². The molecule has 5 nitrogen and oxygen atoms in total. The van der Waals surface area contributed by atoms with E-state index in [1.54, 1.807) is 22.3 Å². The van der Waals surface area contributed by atoms with Crippen molar-refractivity contribution >= 4 is 28.6 Å². The first-order valence-electron chi connectivity index (χ1n) is 7.29. The molecule has 4 aromatic rings. The molecule has 0 fully saturated rings. The highest BCUT2D eigenvalue weighted by Crippen LogP contribution is 2.21. The van der Waals surface area contributed by atoms with Gasteiger partial charge in [-0.1, -0.05) is 12.1 Å². The van der Waals surface area contributed by atoms with E-state index in [2.05, 4.69) is 39.6 Å². The van der Waals surface area contributed by atoms with Gasteiger partial charge in [0.25, 0.3) is 0 Å². The summed E-state index contributed by atoms with van der Waals surface area (Å²) < 4.78 is 3.95. The van der Waals surface area contributed by atoms with Crippen LogP contribution in [0, 0.1) is 13.8 Å². The summed E-state index contributed by atoms with van der Waals surface area (Å²) in [6, 6.07) is 10.1. The Hall–Kier alpha value is -2.73. The van der Waals surface area contributed by atoms with Crippen LogP contribution in [0.5, 0.6) is 0 Å². The summed E-state index contributed by atoms with van der Waals surface area (Å²) in [6.45, 7) is 4.17. The summed E-state index contributed by atoms with van der Waals surface area (Å²) in [6.07, 6.45) is 5.44. The molecule has 1 aromatic carbocycles. The van der Waals surface area contributed by atoms with Crippen LogP contribution in [0.4, 0.5) is 0 Å². The highest BCUT2D eigenvalue weighted by molar-refractivity contribution is 7.12. The fourth-order valence-corrected chi connectivity index (χ4v) is 3.45. The average molecular weight is 321 g/mol. The lowest BCUT2D eigenvalue weighted by molar-refractivity contribution is 0.913. The maximum atomic E-state index is 4.56. The Morgan fingerprint density at radius 3 is 2.87 bits per heavy atom. The second-order valence-electron chi connectivity index (χ2n) is 5.30. The number of thiazole rings is 1. The van der Waals surface area contributed by atoms with E-state index in [0.717, 1.165) is 33.1 Å². The van der Waals surface area contributed by atoms with Crippen molar-refractivity contribution in [2.75, 3.05) is 0 Å². The predicted molar refractivity (Wildman–Crippen MR) is 93.6 cm³/mol. The molecule has 0 amide bonds. The molecule has 23 heavy (non-hydrogen) atoms. The molecule has 0 aliphatic rings. The van der Waals surface area contributed by atoms with Crippen LogP contribution in [0.3, 0.4) is 0 Å². The van der Waals surface area contributed by atoms with Crippen LogP contribution in [0.15, 0.2) is 53.3 Å². The normalized spacial score (nSPS) is 11.7. The van der Waals surface area contributed by atoms with Gasteiger partial charge in [-0.25, -0.2) is 14.6 Å². The Kier molecular flexibility index (Phi) is 3.31. The van der Waals surface area contributed by atoms with Gasteiger partial charge in [-0.3, -0.25) is 4.57 Å². The van der Waals surface area contributed by atoms with Crippen molar-refractivity contribution in [3.63, 3.8) is 0 Å². The lowest BCUT2D eigenvalue weighted by atomic mass is 10.3. The molecular weight excluding hydrogens is 306 g/mol. The molecule has 0 atom stereocenters. The van der Waals surface area contributed by atoms with Crippen molar-refractivity contribution in [3.05, 3.63) is 65.2 Å². The Bertz CT molecular complexity index is 992. The summed E-state index contributed by atoms with van der Waals surface area (Å²) in [5, 5.41) is 7.53. The first-order valence-corrected chi connectivity index (χ1v) is 8.17. The minimum absolute atomic E-state index is 0.943. The van der Waals surface area contributed by atoms with Crippen LogP contribution < -0.4 is 0 Å². The molecule has 4 rings (SSSR count). The van der Waals surface area contributed by atoms with Gasteiger partial charge < -0.3 is 0 Å². The van der Waals surface area contributed by atoms with E-state index in [1.165, 1.54) is 0 Å². The zero-order valence-electron chi connectivity index (χ0n) is 12.8. The third-order valence-electron chi connectivity index (χ3n) is 3.84. The second kappa shape index (κ2) is 5.48. The average Bonchev–Trinajstić information content (AvgIpc) is 3.26. The standard InChI is InChI=1S/C17H15N5S/c1-12-9-14(13(2)22(12)17-18-7-8-23-17)10-20-21-11-19-15-5-3-4-6-16(15)21/h3-11H,1-2H3/b20-10-. The van der Waals surface area contributed by atoms with Crippen LogP contribution in [-0.2, 0) is 0 Å². The molecule has 0 N–H and O–H groups in total. The summed E-state index contributed by atoms with van der Waals surface area (Å²) in [7, 11) is 0. The van der Waals surface area contributed by atoms with Crippen LogP contribution in [0.25, 0.3) is 16.2 Å². The molecule has 6 heteroatoms. The maximum absolute atomic E-state index is 4.56. The molecule has 0 radical (unpaired) electrons. The number of nitrogens with zero attached hydrogens (tertiary/aromatic N) is 5. The van der Waals surface area contributed by atoms with E-state index in [9.17, 15) is 0 Å². The third kappa shape index (κ3) is 2.37. The topological polar surface area (TPSA) is 48.0 Å². The number of fused-ring (bicyclic) bond motifs is 1. The Morgan fingerprint density at radius 2 is 2.04 bits per heavy atom. The van der Waals surface area contributed by atoms with Gasteiger partial charge >= 0.3 is 0 Å². The first-order chi connectivity index (χ1) is 11.2. The number of hydrogen-bond acceptors (Lipinski definition) is 4. The molecular formula is C17H15N5S. The highest BCUT2D eigenvalue weighted by atomic mass is 32.1. The lowest BCUT2D eigenvalue weighted by Gasteiger charge is -2.04. The maximum Gasteiger partial charge on any atom is 0.193 e. The molecule has 0 spiro atoms. The number of rotatable bonds is 3. The third-order valence-corrected chi connectivity index (χ3v) is 4.59. The van der Waals surface area contributed by atoms with Gasteiger partial charge in [0.15, 0.2) is 5.13 Å². The molecule has 0 bridgehead atoms. The molecule has 3 heterocycles. The molecule has 3 aromatic heterocycles. The quantitative estimate of drug-likeness (QED) is 0.539. The second-order valence-corrected chi connectivity index (χ2v) is 6.17. The molecule has 0 saturated heterocycles. The van der Waals surface area contributed by atoms with Crippen molar-refractivity contribution < 1.29 is 0 Å². The lowest BCUT2D eigenvalue weighted by Crippen LogP contribution is -1.98. The van der Waals surface area contributed by atoms with Crippen molar-refractivity contribution in [2.45, 2.75) is 13.8 Å². The number of benzene rings is 1. The number of aryl methyl sites for hydroxylation is 1. The van der Waals surface area contributed by atoms with Crippen molar-refractivity contribution in [3.8, 4) is 5.13 Å². The van der Waals surface area contributed by atoms with Crippen molar-refractivity contribution in [1.29, 1.82) is 0 Å². The van der Waals surface area contributed by atoms with Crippen molar-refractivity contribution in [2.24, 2.45) is 5.10 Å². The number of para-hydroxylation sites is 2. The van der Waals surface area contributed by atoms with Crippen LogP contribution in [0.1, 0.15) is 17.0 Å². The van der Waals surface area contributed by atoms with E-state index in [4.69, 9.17) is 0 Å². The Morgan fingerprint density at radius 1 is 1.17 bits per heavy atom. The molecule has 114 valence electrons. The molecule has 0 aliphatic heterocycles. The van der Waals surface area contributed by atoms with Gasteiger partial charge in [-0.05, 0) is 32.0 Å². The Balaban J connectivity index is 1.73. The first kappa shape index (κ1) is 13.9. The molecule has 0 saturated carbocycles. The largest absolute Gasteiger partial charge is 0.294 e. The fourth-order valence-electron chi connectivity index (χ4n) is 2.70.